The van der Waals surface area contributed by atoms with Gasteiger partial charge in [-0.2, -0.15) is 0 Å². The molecule has 0 bridgehead atoms. The van der Waals surface area contributed by atoms with Crippen molar-refractivity contribution in [3.63, 3.8) is 0 Å². The molecule has 1 aromatic rings. The van der Waals surface area contributed by atoms with Crippen LogP contribution in [0.3, 0.4) is 0 Å². The molecule has 1 heterocycles. The van der Waals surface area contributed by atoms with Crippen molar-refractivity contribution < 1.29 is 14.0 Å². The lowest BCUT2D eigenvalue weighted by Gasteiger charge is -2.39. The summed E-state index contributed by atoms with van der Waals surface area (Å²) in [5.41, 5.74) is 0.295. The minimum Gasteiger partial charge on any atom is -0.444 e. The third-order valence-corrected chi connectivity index (χ3v) is 8.58. The van der Waals surface area contributed by atoms with Crippen LogP contribution in [-0.4, -0.2) is 31.5 Å². The summed E-state index contributed by atoms with van der Waals surface area (Å²) in [6.07, 6.45) is 1.01. The Morgan fingerprint density at radius 2 is 1.83 bits per heavy atom. The zero-order valence-corrected chi connectivity index (χ0v) is 17.3. The summed E-state index contributed by atoms with van der Waals surface area (Å²) in [5.74, 6) is 0. The van der Waals surface area contributed by atoms with Gasteiger partial charge in [0.1, 0.15) is 11.7 Å². The number of rotatable bonds is 5. The van der Waals surface area contributed by atoms with Crippen molar-refractivity contribution in [2.45, 2.75) is 71.4 Å². The molecule has 1 atom stereocenters. The van der Waals surface area contributed by atoms with Gasteiger partial charge >= 0.3 is 6.09 Å². The molecule has 0 aliphatic carbocycles. The van der Waals surface area contributed by atoms with E-state index < -0.39 is 20.0 Å². The van der Waals surface area contributed by atoms with Crippen molar-refractivity contribution in [3.05, 3.63) is 30.1 Å². The van der Waals surface area contributed by atoms with Gasteiger partial charge in [-0.25, -0.2) is 4.79 Å². The molecule has 0 fully saturated rings. The first kappa shape index (κ1) is 20.6. The van der Waals surface area contributed by atoms with Gasteiger partial charge in [0.05, 0.1) is 12.2 Å². The summed E-state index contributed by atoms with van der Waals surface area (Å²) in [7, 11) is -2.00. The molecule has 0 unspecified atom stereocenters. The lowest BCUT2D eigenvalue weighted by atomic mass is 10.2. The molecule has 6 heteroatoms. The number of amides is 1. The second-order valence-corrected chi connectivity index (χ2v) is 13.3. The fraction of sp³-hybridized carbons (Fsp3) is 0.667. The standard InChI is InChI=1S/C18H32N2O3Si/c1-17(2,3)22-16(21)20-13-15(14-11-9-10-12-19-14)23-24(7,8)18(4,5)6/h9-12,15H,13H2,1-8H3,(H,20,21)/t15-/m1/s1. The third kappa shape index (κ3) is 6.61. The Morgan fingerprint density at radius 3 is 2.29 bits per heavy atom. The lowest BCUT2D eigenvalue weighted by molar-refractivity contribution is 0.0495. The van der Waals surface area contributed by atoms with Crippen LogP contribution in [0.2, 0.25) is 18.1 Å². The molecule has 5 nitrogen and oxygen atoms in total. The zero-order chi connectivity index (χ0) is 18.6. The molecule has 0 radical (unpaired) electrons. The van der Waals surface area contributed by atoms with Gasteiger partial charge in [-0.05, 0) is 51.0 Å². The molecule has 0 aromatic carbocycles. The van der Waals surface area contributed by atoms with Gasteiger partial charge in [0.25, 0.3) is 0 Å². The number of hydrogen-bond donors (Lipinski definition) is 1. The smallest absolute Gasteiger partial charge is 0.407 e. The van der Waals surface area contributed by atoms with Gasteiger partial charge in [0.2, 0.25) is 0 Å². The van der Waals surface area contributed by atoms with Crippen LogP contribution in [-0.2, 0) is 9.16 Å². The Hall–Kier alpha value is -1.40. The average Bonchev–Trinajstić information content (AvgIpc) is 2.41. The molecule has 0 spiro atoms. The van der Waals surface area contributed by atoms with Crippen molar-refractivity contribution in [1.29, 1.82) is 0 Å². The topological polar surface area (TPSA) is 60.5 Å². The van der Waals surface area contributed by atoms with E-state index in [9.17, 15) is 4.79 Å². The zero-order valence-electron chi connectivity index (χ0n) is 16.3. The van der Waals surface area contributed by atoms with E-state index in [1.54, 1.807) is 6.20 Å². The van der Waals surface area contributed by atoms with Crippen LogP contribution in [0.15, 0.2) is 24.4 Å². The maximum absolute atomic E-state index is 12.0. The average molecular weight is 353 g/mol. The number of aromatic nitrogens is 1. The van der Waals surface area contributed by atoms with Crippen LogP contribution in [0.4, 0.5) is 4.79 Å². The summed E-state index contributed by atoms with van der Waals surface area (Å²) in [5, 5.41) is 2.88. The van der Waals surface area contributed by atoms with Gasteiger partial charge in [0.15, 0.2) is 8.32 Å². The van der Waals surface area contributed by atoms with Crippen molar-refractivity contribution in [2.75, 3.05) is 6.54 Å². The summed E-state index contributed by atoms with van der Waals surface area (Å²) >= 11 is 0. The highest BCUT2D eigenvalue weighted by Crippen LogP contribution is 2.39. The highest BCUT2D eigenvalue weighted by atomic mass is 28.4. The first-order valence-electron chi connectivity index (χ1n) is 8.37. The third-order valence-electron chi connectivity index (χ3n) is 4.09. The van der Waals surface area contributed by atoms with Crippen LogP contribution in [0, 0.1) is 0 Å². The van der Waals surface area contributed by atoms with Crippen molar-refractivity contribution in [2.24, 2.45) is 0 Å². The summed E-state index contributed by atoms with van der Waals surface area (Å²) < 4.78 is 11.8. The number of pyridine rings is 1. The van der Waals surface area contributed by atoms with Crippen LogP contribution < -0.4 is 5.32 Å². The van der Waals surface area contributed by atoms with Gasteiger partial charge in [-0.3, -0.25) is 4.98 Å². The molecule has 1 rings (SSSR count). The summed E-state index contributed by atoms with van der Waals surface area (Å²) in [6.45, 7) is 16.8. The van der Waals surface area contributed by atoms with Gasteiger partial charge in [-0.15, -0.1) is 0 Å². The van der Waals surface area contributed by atoms with E-state index in [-0.39, 0.29) is 11.1 Å². The largest absolute Gasteiger partial charge is 0.444 e. The van der Waals surface area contributed by atoms with Gasteiger partial charge in [-0.1, -0.05) is 26.8 Å². The molecule has 136 valence electrons. The molecule has 1 N–H and O–H groups in total. The SMILES string of the molecule is CC(C)(C)OC(=O)NC[C@@H](O[Si](C)(C)C(C)(C)C)c1ccccn1. The van der Waals surface area contributed by atoms with E-state index in [1.807, 2.05) is 39.0 Å². The second kappa shape index (κ2) is 7.65. The number of nitrogens with zero attached hydrogens (tertiary/aromatic N) is 1. The molecule has 0 saturated carbocycles. The van der Waals surface area contributed by atoms with Gasteiger partial charge in [0, 0.05) is 6.20 Å². The Labute approximate surface area is 147 Å². The van der Waals surface area contributed by atoms with Crippen LogP contribution in [0.1, 0.15) is 53.3 Å². The summed E-state index contributed by atoms with van der Waals surface area (Å²) in [6, 6.07) is 5.72. The second-order valence-electron chi connectivity index (χ2n) is 8.50. The summed E-state index contributed by atoms with van der Waals surface area (Å²) in [4.78, 5) is 16.4. The maximum Gasteiger partial charge on any atom is 0.407 e. The predicted molar refractivity (Wildman–Crippen MR) is 99.5 cm³/mol. The number of ether oxygens (including phenoxy) is 1. The fourth-order valence-electron chi connectivity index (χ4n) is 1.80. The van der Waals surface area contributed by atoms with E-state index in [0.29, 0.717) is 6.54 Å². The van der Waals surface area contributed by atoms with E-state index in [0.717, 1.165) is 5.69 Å². The van der Waals surface area contributed by atoms with Crippen molar-refractivity contribution in [3.8, 4) is 0 Å². The quantitative estimate of drug-likeness (QED) is 0.782. The minimum atomic E-state index is -2.00. The Morgan fingerprint density at radius 1 is 1.21 bits per heavy atom. The maximum atomic E-state index is 12.0. The Kier molecular flexibility index (Phi) is 6.58. The van der Waals surface area contributed by atoms with Crippen molar-refractivity contribution >= 4 is 14.4 Å². The molecule has 0 saturated heterocycles. The van der Waals surface area contributed by atoms with E-state index in [1.165, 1.54) is 0 Å². The number of hydrogen-bond acceptors (Lipinski definition) is 4. The highest BCUT2D eigenvalue weighted by Gasteiger charge is 2.39. The predicted octanol–water partition coefficient (Wildman–Crippen LogP) is 4.67. The molecule has 1 aromatic heterocycles. The monoisotopic (exact) mass is 352 g/mol. The van der Waals surface area contributed by atoms with Crippen LogP contribution in [0.5, 0.6) is 0 Å². The molecule has 0 aliphatic heterocycles. The number of alkyl carbamates (subject to hydrolysis) is 1. The first-order chi connectivity index (χ1) is 10.8. The molecule has 0 aliphatic rings. The number of carbonyl (C=O) groups excluding carboxylic acids is 1. The van der Waals surface area contributed by atoms with Crippen LogP contribution in [0.25, 0.3) is 0 Å². The molecular formula is C18H32N2O3Si. The molecular weight excluding hydrogens is 320 g/mol. The normalized spacial score (nSPS) is 14.2. The minimum absolute atomic E-state index is 0.0753. The fourth-order valence-corrected chi connectivity index (χ4v) is 3.06. The Balaban J connectivity index is 2.86. The Bertz CT molecular complexity index is 533. The van der Waals surface area contributed by atoms with Crippen LogP contribution >= 0.6 is 0 Å². The van der Waals surface area contributed by atoms with E-state index >= 15 is 0 Å². The van der Waals surface area contributed by atoms with Crippen molar-refractivity contribution in [1.82, 2.24) is 10.3 Å². The van der Waals surface area contributed by atoms with Gasteiger partial charge < -0.3 is 14.5 Å². The molecule has 24 heavy (non-hydrogen) atoms. The molecule has 1 amide bonds. The van der Waals surface area contributed by atoms with E-state index in [4.69, 9.17) is 9.16 Å². The number of carbonyl (C=O) groups is 1. The highest BCUT2D eigenvalue weighted by molar-refractivity contribution is 6.74. The number of nitrogens with one attached hydrogen (secondary N) is 1. The lowest BCUT2D eigenvalue weighted by Crippen LogP contribution is -2.44. The first-order valence-corrected chi connectivity index (χ1v) is 11.3. The van der Waals surface area contributed by atoms with E-state index in [2.05, 4.69) is 44.2 Å².